The Labute approximate surface area is 96.3 Å². The molecule has 1 saturated heterocycles. The quantitative estimate of drug-likeness (QED) is 0.809. The summed E-state index contributed by atoms with van der Waals surface area (Å²) in [5, 5.41) is 0. The number of aromatic nitrogens is 2. The van der Waals surface area contributed by atoms with Gasteiger partial charge in [0.1, 0.15) is 5.82 Å². The molecule has 1 aromatic rings. The molecule has 0 unspecified atom stereocenters. The first-order chi connectivity index (χ1) is 7.79. The maximum Gasteiger partial charge on any atom is 0.227 e. The molecule has 0 bridgehead atoms. The number of hydrogen-bond acceptors (Lipinski definition) is 5. The van der Waals surface area contributed by atoms with Crippen LogP contribution < -0.4 is 10.6 Å². The number of nitrogens with two attached hydrogens (primary N) is 1. The number of rotatable bonds is 3. The van der Waals surface area contributed by atoms with Crippen molar-refractivity contribution < 1.29 is 0 Å². The summed E-state index contributed by atoms with van der Waals surface area (Å²) >= 11 is 0. The molecule has 1 fully saturated rings. The second kappa shape index (κ2) is 5.12. The van der Waals surface area contributed by atoms with Crippen LogP contribution in [-0.4, -0.2) is 47.6 Å². The van der Waals surface area contributed by atoms with E-state index >= 15 is 0 Å². The molecule has 1 aliphatic heterocycles. The van der Waals surface area contributed by atoms with Crippen molar-refractivity contribution in [2.75, 3.05) is 43.4 Å². The van der Waals surface area contributed by atoms with Crippen LogP contribution in [0.15, 0.2) is 12.3 Å². The fourth-order valence-corrected chi connectivity index (χ4v) is 2.00. The van der Waals surface area contributed by atoms with Crippen LogP contribution in [0, 0.1) is 0 Å². The first kappa shape index (κ1) is 11.1. The van der Waals surface area contributed by atoms with Gasteiger partial charge in [-0.1, -0.05) is 6.92 Å². The van der Waals surface area contributed by atoms with Crippen molar-refractivity contribution in [2.24, 2.45) is 0 Å². The van der Waals surface area contributed by atoms with Crippen molar-refractivity contribution in [3.63, 3.8) is 0 Å². The minimum Gasteiger partial charge on any atom is -0.384 e. The smallest absolute Gasteiger partial charge is 0.227 e. The van der Waals surface area contributed by atoms with Crippen LogP contribution in [0.4, 0.5) is 11.8 Å². The molecule has 0 radical (unpaired) electrons. The van der Waals surface area contributed by atoms with E-state index in [4.69, 9.17) is 5.73 Å². The standard InChI is InChI=1S/C11H19N5/c1-2-5-15-6-8-16(9-7-15)11-13-4-3-10(12)14-11/h3-4H,2,5-9H2,1H3,(H2,12,13,14). The van der Waals surface area contributed by atoms with Gasteiger partial charge in [0.25, 0.3) is 0 Å². The van der Waals surface area contributed by atoms with Crippen LogP contribution in [-0.2, 0) is 0 Å². The zero-order valence-electron chi connectivity index (χ0n) is 9.76. The maximum absolute atomic E-state index is 5.65. The molecule has 16 heavy (non-hydrogen) atoms. The zero-order chi connectivity index (χ0) is 11.4. The van der Waals surface area contributed by atoms with E-state index in [2.05, 4.69) is 26.7 Å². The number of piperazine rings is 1. The van der Waals surface area contributed by atoms with Gasteiger partial charge in [0, 0.05) is 32.4 Å². The largest absolute Gasteiger partial charge is 0.384 e. The van der Waals surface area contributed by atoms with Gasteiger partial charge in [0.15, 0.2) is 0 Å². The van der Waals surface area contributed by atoms with Crippen LogP contribution in [0.25, 0.3) is 0 Å². The topological polar surface area (TPSA) is 58.3 Å². The molecular weight excluding hydrogens is 202 g/mol. The highest BCUT2D eigenvalue weighted by Crippen LogP contribution is 2.11. The molecule has 2 N–H and O–H groups in total. The van der Waals surface area contributed by atoms with Crippen molar-refractivity contribution in [2.45, 2.75) is 13.3 Å². The lowest BCUT2D eigenvalue weighted by molar-refractivity contribution is 0.257. The Morgan fingerprint density at radius 3 is 2.69 bits per heavy atom. The Balaban J connectivity index is 1.94. The molecule has 0 atom stereocenters. The molecule has 0 spiro atoms. The minimum absolute atomic E-state index is 0.543. The maximum atomic E-state index is 5.65. The monoisotopic (exact) mass is 221 g/mol. The molecule has 0 aromatic carbocycles. The fourth-order valence-electron chi connectivity index (χ4n) is 2.00. The van der Waals surface area contributed by atoms with Gasteiger partial charge >= 0.3 is 0 Å². The molecule has 0 amide bonds. The van der Waals surface area contributed by atoms with E-state index in [0.29, 0.717) is 5.82 Å². The summed E-state index contributed by atoms with van der Waals surface area (Å²) in [4.78, 5) is 13.2. The number of nitrogens with zero attached hydrogens (tertiary/aromatic N) is 4. The van der Waals surface area contributed by atoms with Crippen molar-refractivity contribution in [3.8, 4) is 0 Å². The van der Waals surface area contributed by atoms with Crippen LogP contribution in [0.2, 0.25) is 0 Å². The van der Waals surface area contributed by atoms with Gasteiger partial charge in [-0.05, 0) is 19.0 Å². The van der Waals surface area contributed by atoms with Crippen molar-refractivity contribution in [3.05, 3.63) is 12.3 Å². The van der Waals surface area contributed by atoms with Crippen molar-refractivity contribution >= 4 is 11.8 Å². The lowest BCUT2D eigenvalue weighted by atomic mass is 10.3. The highest BCUT2D eigenvalue weighted by Gasteiger charge is 2.17. The Morgan fingerprint density at radius 2 is 2.06 bits per heavy atom. The highest BCUT2D eigenvalue weighted by molar-refractivity contribution is 5.38. The third kappa shape index (κ3) is 2.61. The van der Waals surface area contributed by atoms with Crippen LogP contribution in [0.1, 0.15) is 13.3 Å². The van der Waals surface area contributed by atoms with Gasteiger partial charge in [-0.25, -0.2) is 4.98 Å². The van der Waals surface area contributed by atoms with Crippen LogP contribution >= 0.6 is 0 Å². The molecule has 1 aromatic heterocycles. The predicted molar refractivity (Wildman–Crippen MR) is 65.4 cm³/mol. The summed E-state index contributed by atoms with van der Waals surface area (Å²) in [6.45, 7) is 7.56. The van der Waals surface area contributed by atoms with Crippen molar-refractivity contribution in [1.29, 1.82) is 0 Å². The lowest BCUT2D eigenvalue weighted by Gasteiger charge is -2.34. The third-order valence-electron chi connectivity index (χ3n) is 2.86. The molecule has 2 rings (SSSR count). The molecule has 88 valence electrons. The van der Waals surface area contributed by atoms with Crippen LogP contribution in [0.3, 0.4) is 0 Å². The molecule has 5 nitrogen and oxygen atoms in total. The zero-order valence-corrected chi connectivity index (χ0v) is 9.76. The molecule has 1 aliphatic rings. The first-order valence-electron chi connectivity index (χ1n) is 5.85. The van der Waals surface area contributed by atoms with Crippen molar-refractivity contribution in [1.82, 2.24) is 14.9 Å². The van der Waals surface area contributed by atoms with E-state index in [1.807, 2.05) is 0 Å². The predicted octanol–water partition coefficient (Wildman–Crippen LogP) is 0.591. The number of anilines is 2. The summed E-state index contributed by atoms with van der Waals surface area (Å²) in [5.74, 6) is 1.30. The van der Waals surface area contributed by atoms with E-state index in [9.17, 15) is 0 Å². The molecule has 5 heteroatoms. The SMILES string of the molecule is CCCN1CCN(c2nccc(N)n2)CC1. The van der Waals surface area contributed by atoms with E-state index in [1.54, 1.807) is 12.3 Å². The van der Waals surface area contributed by atoms with Gasteiger partial charge in [-0.15, -0.1) is 0 Å². The van der Waals surface area contributed by atoms with Crippen LogP contribution in [0.5, 0.6) is 0 Å². The molecule has 0 aliphatic carbocycles. The van der Waals surface area contributed by atoms with E-state index in [0.717, 1.165) is 32.1 Å². The molecular formula is C11H19N5. The normalized spacial score (nSPS) is 17.7. The minimum atomic E-state index is 0.543. The summed E-state index contributed by atoms with van der Waals surface area (Å²) in [6, 6.07) is 1.72. The Hall–Kier alpha value is -1.36. The average Bonchev–Trinajstić information content (AvgIpc) is 2.30. The Morgan fingerprint density at radius 1 is 1.31 bits per heavy atom. The van der Waals surface area contributed by atoms with E-state index in [1.165, 1.54) is 13.0 Å². The second-order valence-corrected chi connectivity index (χ2v) is 4.11. The summed E-state index contributed by atoms with van der Waals surface area (Å²) in [6.07, 6.45) is 2.94. The van der Waals surface area contributed by atoms with Gasteiger partial charge in [-0.3, -0.25) is 4.90 Å². The third-order valence-corrected chi connectivity index (χ3v) is 2.86. The van der Waals surface area contributed by atoms with E-state index < -0.39 is 0 Å². The average molecular weight is 221 g/mol. The number of nitrogen functional groups attached to an aromatic ring is 1. The van der Waals surface area contributed by atoms with E-state index in [-0.39, 0.29) is 0 Å². The highest BCUT2D eigenvalue weighted by atomic mass is 15.3. The first-order valence-corrected chi connectivity index (χ1v) is 5.85. The van der Waals surface area contributed by atoms with Gasteiger partial charge < -0.3 is 10.6 Å². The Bertz CT molecular complexity index is 333. The summed E-state index contributed by atoms with van der Waals surface area (Å²) in [5.41, 5.74) is 5.65. The molecule has 2 heterocycles. The lowest BCUT2D eigenvalue weighted by Crippen LogP contribution is -2.47. The fraction of sp³-hybridized carbons (Fsp3) is 0.636. The van der Waals surface area contributed by atoms with Gasteiger partial charge in [0.2, 0.25) is 5.95 Å². The second-order valence-electron chi connectivity index (χ2n) is 4.11. The molecule has 0 saturated carbocycles. The number of hydrogen-bond donors (Lipinski definition) is 1. The van der Waals surface area contributed by atoms with Gasteiger partial charge in [0.05, 0.1) is 0 Å². The summed E-state index contributed by atoms with van der Waals surface area (Å²) < 4.78 is 0. The summed E-state index contributed by atoms with van der Waals surface area (Å²) in [7, 11) is 0. The Kier molecular flexibility index (Phi) is 3.56. The van der Waals surface area contributed by atoms with Gasteiger partial charge in [-0.2, -0.15) is 4.98 Å².